The summed E-state index contributed by atoms with van der Waals surface area (Å²) in [5, 5.41) is 3.86. The molecular formula is C15H17ClN2O3. The number of benzene rings is 1. The Bertz CT molecular complexity index is 608. The largest absolute Gasteiger partial charge is 0.464 e. The van der Waals surface area contributed by atoms with Gasteiger partial charge in [0.05, 0.1) is 19.4 Å². The van der Waals surface area contributed by atoms with E-state index in [0.29, 0.717) is 29.6 Å². The first kappa shape index (κ1) is 15.4. The van der Waals surface area contributed by atoms with Crippen LogP contribution in [0, 0.1) is 0 Å². The lowest BCUT2D eigenvalue weighted by molar-refractivity contribution is 0.0596. The van der Waals surface area contributed by atoms with Gasteiger partial charge in [-0.3, -0.25) is 0 Å². The average molecular weight is 309 g/mol. The number of hydrogen-bond acceptors (Lipinski definition) is 4. The molecule has 0 radical (unpaired) electrons. The molecule has 0 amide bonds. The van der Waals surface area contributed by atoms with Crippen LogP contribution in [0.5, 0.6) is 0 Å². The van der Waals surface area contributed by atoms with E-state index >= 15 is 0 Å². The van der Waals surface area contributed by atoms with E-state index in [1.807, 2.05) is 12.1 Å². The van der Waals surface area contributed by atoms with Gasteiger partial charge in [0.1, 0.15) is 5.69 Å². The number of halogens is 1. The van der Waals surface area contributed by atoms with E-state index in [1.54, 1.807) is 25.4 Å². The van der Waals surface area contributed by atoms with Crippen molar-refractivity contribution in [2.75, 3.05) is 32.7 Å². The van der Waals surface area contributed by atoms with E-state index in [0.717, 1.165) is 11.1 Å². The smallest absolute Gasteiger partial charge is 0.356 e. The summed E-state index contributed by atoms with van der Waals surface area (Å²) in [6, 6.07) is 7.41. The van der Waals surface area contributed by atoms with E-state index in [1.165, 1.54) is 7.11 Å². The average Bonchev–Trinajstić information content (AvgIpc) is 2.91. The number of aromatic amines is 1. The zero-order valence-electron chi connectivity index (χ0n) is 11.9. The molecule has 0 unspecified atom stereocenters. The lowest BCUT2D eigenvalue weighted by atomic mass is 10.1. The predicted octanol–water partition coefficient (Wildman–Crippen LogP) is 3.18. The Morgan fingerprint density at radius 2 is 2.00 bits per heavy atom. The molecule has 2 N–H and O–H groups in total. The molecular weight excluding hydrogens is 292 g/mol. The Morgan fingerprint density at radius 3 is 2.62 bits per heavy atom. The molecule has 0 bridgehead atoms. The SMILES string of the molecule is COCCNc1c(-c2ccc(Cl)cc2)c[nH]c1C(=O)OC. The fourth-order valence-electron chi connectivity index (χ4n) is 2.01. The van der Waals surface area contributed by atoms with Gasteiger partial charge in [-0.25, -0.2) is 4.79 Å². The first-order valence-corrected chi connectivity index (χ1v) is 6.83. The third-order valence-corrected chi connectivity index (χ3v) is 3.28. The van der Waals surface area contributed by atoms with Crippen molar-refractivity contribution in [3.05, 3.63) is 41.2 Å². The van der Waals surface area contributed by atoms with Crippen LogP contribution in [0.1, 0.15) is 10.5 Å². The van der Waals surface area contributed by atoms with E-state index in [4.69, 9.17) is 21.1 Å². The van der Waals surface area contributed by atoms with E-state index in [2.05, 4.69) is 10.3 Å². The highest BCUT2D eigenvalue weighted by molar-refractivity contribution is 6.30. The van der Waals surface area contributed by atoms with Crippen LogP contribution in [0.15, 0.2) is 30.5 Å². The molecule has 1 heterocycles. The van der Waals surface area contributed by atoms with Crippen molar-refractivity contribution in [2.24, 2.45) is 0 Å². The number of ether oxygens (including phenoxy) is 2. The van der Waals surface area contributed by atoms with Crippen molar-refractivity contribution in [1.82, 2.24) is 4.98 Å². The second kappa shape index (κ2) is 7.15. The quantitative estimate of drug-likeness (QED) is 0.635. The Hall–Kier alpha value is -1.98. The van der Waals surface area contributed by atoms with Crippen LogP contribution in [-0.2, 0) is 9.47 Å². The molecule has 21 heavy (non-hydrogen) atoms. The van der Waals surface area contributed by atoms with Gasteiger partial charge >= 0.3 is 5.97 Å². The minimum Gasteiger partial charge on any atom is -0.464 e. The molecule has 2 rings (SSSR count). The van der Waals surface area contributed by atoms with Gasteiger partial charge in [0.25, 0.3) is 0 Å². The predicted molar refractivity (Wildman–Crippen MR) is 82.9 cm³/mol. The molecule has 0 aliphatic carbocycles. The maximum absolute atomic E-state index is 11.8. The van der Waals surface area contributed by atoms with Gasteiger partial charge in [-0.15, -0.1) is 0 Å². The highest BCUT2D eigenvalue weighted by atomic mass is 35.5. The molecule has 0 saturated carbocycles. The summed E-state index contributed by atoms with van der Waals surface area (Å²) in [7, 11) is 2.98. The molecule has 2 aromatic rings. The van der Waals surface area contributed by atoms with Gasteiger partial charge in [0.2, 0.25) is 0 Å². The lowest BCUT2D eigenvalue weighted by Gasteiger charge is -2.10. The van der Waals surface area contributed by atoms with E-state index < -0.39 is 5.97 Å². The Labute approximate surface area is 128 Å². The fraction of sp³-hybridized carbons (Fsp3) is 0.267. The first-order valence-electron chi connectivity index (χ1n) is 6.45. The van der Waals surface area contributed by atoms with Crippen LogP contribution in [0.25, 0.3) is 11.1 Å². The number of hydrogen-bond donors (Lipinski definition) is 2. The third-order valence-electron chi connectivity index (χ3n) is 3.03. The molecule has 0 atom stereocenters. The molecule has 0 fully saturated rings. The summed E-state index contributed by atoms with van der Waals surface area (Å²) in [5.74, 6) is -0.421. The maximum Gasteiger partial charge on any atom is 0.356 e. The topological polar surface area (TPSA) is 63.3 Å². The van der Waals surface area contributed by atoms with Gasteiger partial charge in [-0.2, -0.15) is 0 Å². The second-order valence-corrected chi connectivity index (χ2v) is 4.81. The second-order valence-electron chi connectivity index (χ2n) is 4.37. The first-order chi connectivity index (χ1) is 10.2. The highest BCUT2D eigenvalue weighted by Crippen LogP contribution is 2.32. The molecule has 1 aromatic carbocycles. The van der Waals surface area contributed by atoms with Gasteiger partial charge < -0.3 is 19.8 Å². The summed E-state index contributed by atoms with van der Waals surface area (Å²) in [5.41, 5.74) is 2.91. The Morgan fingerprint density at radius 1 is 1.29 bits per heavy atom. The van der Waals surface area contributed by atoms with E-state index in [9.17, 15) is 4.79 Å². The summed E-state index contributed by atoms with van der Waals surface area (Å²) >= 11 is 5.91. The standard InChI is InChI=1S/C15H17ClN2O3/c1-20-8-7-17-13-12(9-18-14(13)15(19)21-2)10-3-5-11(16)6-4-10/h3-6,9,17-18H,7-8H2,1-2H3. The lowest BCUT2D eigenvalue weighted by Crippen LogP contribution is -2.12. The summed E-state index contributed by atoms with van der Waals surface area (Å²) in [4.78, 5) is 14.8. The van der Waals surface area contributed by atoms with Crippen molar-refractivity contribution in [1.29, 1.82) is 0 Å². The zero-order valence-corrected chi connectivity index (χ0v) is 12.7. The van der Waals surface area contributed by atoms with Crippen LogP contribution in [0.4, 0.5) is 5.69 Å². The van der Waals surface area contributed by atoms with Gasteiger partial charge in [-0.05, 0) is 17.7 Å². The molecule has 0 aliphatic rings. The van der Waals surface area contributed by atoms with Crippen molar-refractivity contribution in [2.45, 2.75) is 0 Å². The Balaban J connectivity index is 2.37. The maximum atomic E-state index is 11.8. The summed E-state index contributed by atoms with van der Waals surface area (Å²) in [6.45, 7) is 1.12. The van der Waals surface area contributed by atoms with Gasteiger partial charge in [0.15, 0.2) is 0 Å². The third kappa shape index (κ3) is 3.56. The number of H-pyrrole nitrogens is 1. The van der Waals surface area contributed by atoms with Crippen LogP contribution >= 0.6 is 11.6 Å². The van der Waals surface area contributed by atoms with Gasteiger partial charge in [0, 0.05) is 30.4 Å². The molecule has 5 nitrogen and oxygen atoms in total. The van der Waals surface area contributed by atoms with Crippen LogP contribution in [0.3, 0.4) is 0 Å². The zero-order chi connectivity index (χ0) is 15.2. The number of carbonyl (C=O) groups is 1. The number of esters is 1. The van der Waals surface area contributed by atoms with E-state index in [-0.39, 0.29) is 0 Å². The van der Waals surface area contributed by atoms with Crippen molar-refractivity contribution >= 4 is 23.3 Å². The molecule has 1 aromatic heterocycles. The molecule has 112 valence electrons. The number of anilines is 1. The van der Waals surface area contributed by atoms with Crippen molar-refractivity contribution in [3.63, 3.8) is 0 Å². The molecule has 6 heteroatoms. The number of carbonyl (C=O) groups excluding carboxylic acids is 1. The van der Waals surface area contributed by atoms with Crippen LogP contribution in [0.2, 0.25) is 5.02 Å². The van der Waals surface area contributed by atoms with Gasteiger partial charge in [-0.1, -0.05) is 23.7 Å². The Kier molecular flexibility index (Phi) is 5.25. The number of aromatic nitrogens is 1. The molecule has 0 saturated heterocycles. The number of nitrogens with one attached hydrogen (secondary N) is 2. The van der Waals surface area contributed by atoms with Crippen molar-refractivity contribution in [3.8, 4) is 11.1 Å². The minimum absolute atomic E-state index is 0.388. The monoisotopic (exact) mass is 308 g/mol. The summed E-state index contributed by atoms with van der Waals surface area (Å²) in [6.07, 6.45) is 1.77. The van der Waals surface area contributed by atoms with Crippen LogP contribution < -0.4 is 5.32 Å². The highest BCUT2D eigenvalue weighted by Gasteiger charge is 2.18. The summed E-state index contributed by atoms with van der Waals surface area (Å²) < 4.78 is 9.81. The molecule has 0 spiro atoms. The van der Waals surface area contributed by atoms with Crippen LogP contribution in [-0.4, -0.2) is 38.3 Å². The number of rotatable bonds is 6. The number of methoxy groups -OCH3 is 2. The fourth-order valence-corrected chi connectivity index (χ4v) is 2.13. The van der Waals surface area contributed by atoms with Crippen molar-refractivity contribution < 1.29 is 14.3 Å². The minimum atomic E-state index is -0.421. The normalized spacial score (nSPS) is 10.4. The molecule has 0 aliphatic heterocycles.